The highest BCUT2D eigenvalue weighted by molar-refractivity contribution is 5.89. The van der Waals surface area contributed by atoms with E-state index in [1.54, 1.807) is 6.20 Å². The first-order chi connectivity index (χ1) is 12.0. The average molecular weight is 341 g/mol. The van der Waals surface area contributed by atoms with Gasteiger partial charge in [0.1, 0.15) is 5.82 Å². The van der Waals surface area contributed by atoms with Crippen LogP contribution < -0.4 is 16.0 Å². The summed E-state index contributed by atoms with van der Waals surface area (Å²) in [7, 11) is 0. The molecule has 7 heteroatoms. The Balaban J connectivity index is 1.56. The van der Waals surface area contributed by atoms with Crippen molar-refractivity contribution in [3.05, 3.63) is 41.6 Å². The molecule has 1 aliphatic rings. The number of aromatic nitrogens is 2. The Morgan fingerprint density at radius 2 is 2.08 bits per heavy atom. The van der Waals surface area contributed by atoms with E-state index in [0.717, 1.165) is 23.5 Å². The second-order valence-electron chi connectivity index (χ2n) is 6.49. The van der Waals surface area contributed by atoms with Gasteiger partial charge in [0, 0.05) is 31.3 Å². The van der Waals surface area contributed by atoms with Crippen molar-refractivity contribution >= 4 is 23.4 Å². The predicted molar refractivity (Wildman–Crippen MR) is 96.3 cm³/mol. The highest BCUT2D eigenvalue weighted by Gasteiger charge is 2.24. The number of amides is 3. The fraction of sp³-hybridized carbons (Fsp3) is 0.389. The molecule has 2 aromatic rings. The molecule has 0 atom stereocenters. The van der Waals surface area contributed by atoms with Crippen LogP contribution in [0.2, 0.25) is 0 Å². The smallest absolute Gasteiger partial charge is 0.320 e. The van der Waals surface area contributed by atoms with Crippen LogP contribution in [0.15, 0.2) is 30.5 Å². The number of nitrogens with zero attached hydrogens (tertiary/aromatic N) is 2. The highest BCUT2D eigenvalue weighted by Crippen LogP contribution is 2.31. The van der Waals surface area contributed by atoms with Crippen molar-refractivity contribution in [2.45, 2.75) is 39.8 Å². The van der Waals surface area contributed by atoms with Crippen molar-refractivity contribution in [3.8, 4) is 0 Å². The SMILES string of the molecule is CC(=O)Nc1cccc(CNC(=O)Nc2c(C)cnn2CC2CC2)c1. The minimum atomic E-state index is -0.273. The summed E-state index contributed by atoms with van der Waals surface area (Å²) in [5, 5.41) is 12.8. The van der Waals surface area contributed by atoms with E-state index in [1.807, 2.05) is 35.9 Å². The molecule has 3 amide bonds. The number of hydrogen-bond acceptors (Lipinski definition) is 3. The maximum absolute atomic E-state index is 12.2. The summed E-state index contributed by atoms with van der Waals surface area (Å²) >= 11 is 0. The maximum atomic E-state index is 12.2. The van der Waals surface area contributed by atoms with Gasteiger partial charge in [-0.25, -0.2) is 9.48 Å². The molecule has 1 fully saturated rings. The Morgan fingerprint density at radius 1 is 1.28 bits per heavy atom. The lowest BCUT2D eigenvalue weighted by atomic mass is 10.2. The molecule has 1 saturated carbocycles. The fourth-order valence-corrected chi connectivity index (χ4v) is 2.62. The van der Waals surface area contributed by atoms with Crippen molar-refractivity contribution < 1.29 is 9.59 Å². The first-order valence-electron chi connectivity index (χ1n) is 8.45. The molecule has 1 aliphatic carbocycles. The number of rotatable bonds is 6. The van der Waals surface area contributed by atoms with Gasteiger partial charge in [0.15, 0.2) is 0 Å². The molecule has 0 unspecified atom stereocenters. The van der Waals surface area contributed by atoms with Crippen molar-refractivity contribution in [2.24, 2.45) is 5.92 Å². The highest BCUT2D eigenvalue weighted by atomic mass is 16.2. The molecule has 0 radical (unpaired) electrons. The molecule has 1 heterocycles. The van der Waals surface area contributed by atoms with E-state index < -0.39 is 0 Å². The van der Waals surface area contributed by atoms with E-state index in [1.165, 1.54) is 19.8 Å². The summed E-state index contributed by atoms with van der Waals surface area (Å²) in [5.74, 6) is 1.30. The summed E-state index contributed by atoms with van der Waals surface area (Å²) < 4.78 is 1.87. The molecule has 25 heavy (non-hydrogen) atoms. The second kappa shape index (κ2) is 7.38. The third-order valence-electron chi connectivity index (χ3n) is 4.08. The van der Waals surface area contributed by atoms with Crippen LogP contribution in [0.5, 0.6) is 0 Å². The normalized spacial score (nSPS) is 13.4. The zero-order valence-electron chi connectivity index (χ0n) is 14.5. The molecule has 0 aliphatic heterocycles. The molecule has 0 bridgehead atoms. The number of nitrogens with one attached hydrogen (secondary N) is 3. The molecule has 3 rings (SSSR count). The van der Waals surface area contributed by atoms with Crippen LogP contribution in [0.4, 0.5) is 16.3 Å². The van der Waals surface area contributed by atoms with Gasteiger partial charge < -0.3 is 10.6 Å². The van der Waals surface area contributed by atoms with E-state index in [4.69, 9.17) is 0 Å². The molecule has 7 nitrogen and oxygen atoms in total. The van der Waals surface area contributed by atoms with Crippen LogP contribution in [0.1, 0.15) is 30.9 Å². The van der Waals surface area contributed by atoms with Crippen molar-refractivity contribution in [1.29, 1.82) is 0 Å². The number of carbonyl (C=O) groups excluding carboxylic acids is 2. The van der Waals surface area contributed by atoms with Gasteiger partial charge in [0.2, 0.25) is 5.91 Å². The lowest BCUT2D eigenvalue weighted by molar-refractivity contribution is -0.114. The molecular formula is C18H23N5O2. The Bertz CT molecular complexity index is 780. The van der Waals surface area contributed by atoms with E-state index in [0.29, 0.717) is 18.2 Å². The summed E-state index contributed by atoms with van der Waals surface area (Å²) in [4.78, 5) is 23.3. The average Bonchev–Trinajstić information content (AvgIpc) is 3.32. The first kappa shape index (κ1) is 17.0. The zero-order chi connectivity index (χ0) is 17.8. The van der Waals surface area contributed by atoms with Crippen LogP contribution >= 0.6 is 0 Å². The first-order valence-corrected chi connectivity index (χ1v) is 8.45. The summed E-state index contributed by atoms with van der Waals surface area (Å²) in [5.41, 5.74) is 2.57. The number of benzene rings is 1. The van der Waals surface area contributed by atoms with Crippen LogP contribution in [-0.4, -0.2) is 21.7 Å². The zero-order valence-corrected chi connectivity index (χ0v) is 14.5. The van der Waals surface area contributed by atoms with Gasteiger partial charge in [-0.05, 0) is 43.4 Å². The van der Waals surface area contributed by atoms with E-state index in [-0.39, 0.29) is 11.9 Å². The van der Waals surface area contributed by atoms with Gasteiger partial charge in [-0.1, -0.05) is 12.1 Å². The van der Waals surface area contributed by atoms with Gasteiger partial charge in [0.25, 0.3) is 0 Å². The standard InChI is InChI=1S/C18H23N5O2/c1-12-9-20-23(11-14-6-7-14)17(12)22-18(25)19-10-15-4-3-5-16(8-15)21-13(2)24/h3-5,8-9,14H,6-7,10-11H2,1-2H3,(H,21,24)(H2,19,22,25). The number of carbonyl (C=O) groups is 2. The van der Waals surface area contributed by atoms with Gasteiger partial charge >= 0.3 is 6.03 Å². The summed E-state index contributed by atoms with van der Waals surface area (Å²) in [6, 6.07) is 7.11. The second-order valence-corrected chi connectivity index (χ2v) is 6.49. The van der Waals surface area contributed by atoms with E-state index in [2.05, 4.69) is 21.0 Å². The van der Waals surface area contributed by atoms with Crippen LogP contribution in [0.25, 0.3) is 0 Å². The van der Waals surface area contributed by atoms with Gasteiger partial charge in [-0.3, -0.25) is 10.1 Å². The number of hydrogen-bond donors (Lipinski definition) is 3. The Morgan fingerprint density at radius 3 is 2.80 bits per heavy atom. The quantitative estimate of drug-likeness (QED) is 0.755. The monoisotopic (exact) mass is 341 g/mol. The van der Waals surface area contributed by atoms with E-state index >= 15 is 0 Å². The third kappa shape index (κ3) is 4.82. The minimum Gasteiger partial charge on any atom is -0.334 e. The Labute approximate surface area is 146 Å². The van der Waals surface area contributed by atoms with Crippen molar-refractivity contribution in [1.82, 2.24) is 15.1 Å². The van der Waals surface area contributed by atoms with E-state index in [9.17, 15) is 9.59 Å². The molecule has 132 valence electrons. The third-order valence-corrected chi connectivity index (χ3v) is 4.08. The molecule has 0 saturated heterocycles. The molecule has 1 aromatic heterocycles. The van der Waals surface area contributed by atoms with Crippen molar-refractivity contribution in [2.75, 3.05) is 10.6 Å². The predicted octanol–water partition coefficient (Wildman–Crippen LogP) is 2.88. The summed E-state index contributed by atoms with van der Waals surface area (Å²) in [6.07, 6.45) is 4.24. The Hall–Kier alpha value is -2.83. The molecule has 3 N–H and O–H groups in total. The van der Waals surface area contributed by atoms with Crippen molar-refractivity contribution in [3.63, 3.8) is 0 Å². The molecule has 0 spiro atoms. The lowest BCUT2D eigenvalue weighted by Crippen LogP contribution is -2.29. The largest absolute Gasteiger partial charge is 0.334 e. The topological polar surface area (TPSA) is 88.1 Å². The fourth-order valence-electron chi connectivity index (χ4n) is 2.62. The Kier molecular flexibility index (Phi) is 5.02. The van der Waals surface area contributed by atoms with Gasteiger partial charge in [-0.2, -0.15) is 5.10 Å². The number of urea groups is 1. The maximum Gasteiger partial charge on any atom is 0.320 e. The van der Waals surface area contributed by atoms with Crippen LogP contribution in [0, 0.1) is 12.8 Å². The number of aryl methyl sites for hydroxylation is 1. The van der Waals surface area contributed by atoms with Gasteiger partial charge in [-0.15, -0.1) is 0 Å². The lowest BCUT2D eigenvalue weighted by Gasteiger charge is -2.11. The van der Waals surface area contributed by atoms with Crippen LogP contribution in [0.3, 0.4) is 0 Å². The molecular weight excluding hydrogens is 318 g/mol. The number of anilines is 2. The van der Waals surface area contributed by atoms with Crippen LogP contribution in [-0.2, 0) is 17.9 Å². The summed E-state index contributed by atoms with van der Waals surface area (Å²) in [6.45, 7) is 4.62. The van der Waals surface area contributed by atoms with Gasteiger partial charge in [0.05, 0.1) is 6.20 Å². The minimum absolute atomic E-state index is 0.123. The molecule has 1 aromatic carbocycles.